The smallest absolute Gasteiger partial charge is 0.395 e. The second-order valence-electron chi connectivity index (χ2n) is 6.78. The minimum Gasteiger partial charge on any atom is -0.395 e. The molecule has 1 fully saturated rings. The Balaban J connectivity index is 1.66. The second-order valence-corrected chi connectivity index (χ2v) is 6.78. The van der Waals surface area contributed by atoms with Crippen LogP contribution in [-0.4, -0.2) is 32.0 Å². The number of carbonyl (C=O) groups excluding carboxylic acids is 1. The number of rotatable bonds is 5. The van der Waals surface area contributed by atoms with Crippen molar-refractivity contribution in [2.75, 3.05) is 0 Å². The number of ketones is 1. The van der Waals surface area contributed by atoms with E-state index in [1.54, 1.807) is 6.92 Å². The molecular weight excluding hydrogens is 374 g/mol. The normalized spacial score (nSPS) is 18.2. The molecule has 0 saturated heterocycles. The predicted octanol–water partition coefficient (Wildman–Crippen LogP) is 3.31. The third kappa shape index (κ3) is 2.63. The van der Waals surface area contributed by atoms with Crippen LogP contribution in [0.25, 0.3) is 0 Å². The van der Waals surface area contributed by atoms with Crippen LogP contribution in [0.1, 0.15) is 59.0 Å². The summed E-state index contributed by atoms with van der Waals surface area (Å²) in [6.45, 7) is 1.70. The lowest BCUT2D eigenvalue weighted by Crippen LogP contribution is -2.26. The minimum absolute atomic E-state index is 0.142. The Hall–Kier alpha value is -3.30. The van der Waals surface area contributed by atoms with E-state index in [1.807, 2.05) is 0 Å². The summed E-state index contributed by atoms with van der Waals surface area (Å²) in [4.78, 5) is 17.2. The third-order valence-corrected chi connectivity index (χ3v) is 4.90. The molecule has 3 aromatic rings. The lowest BCUT2D eigenvalue weighted by atomic mass is 9.93. The number of nitrogens with zero attached hydrogens (tertiary/aromatic N) is 4. The number of halogens is 2. The molecule has 0 amide bonds. The van der Waals surface area contributed by atoms with Gasteiger partial charge in [0.15, 0.2) is 23.0 Å². The quantitative estimate of drug-likeness (QED) is 0.619. The highest BCUT2D eigenvalue weighted by atomic mass is 19.3. The molecule has 28 heavy (non-hydrogen) atoms. The van der Waals surface area contributed by atoms with Crippen LogP contribution < -0.4 is 9.47 Å². The van der Waals surface area contributed by atoms with Crippen molar-refractivity contribution in [1.82, 2.24) is 19.9 Å². The van der Waals surface area contributed by atoms with Crippen molar-refractivity contribution in [1.29, 1.82) is 0 Å². The van der Waals surface area contributed by atoms with Gasteiger partial charge in [0.05, 0.1) is 17.8 Å². The fourth-order valence-electron chi connectivity index (χ4n) is 3.40. The predicted molar refractivity (Wildman–Crippen MR) is 88.4 cm³/mol. The van der Waals surface area contributed by atoms with E-state index in [0.29, 0.717) is 11.3 Å². The van der Waals surface area contributed by atoms with Crippen LogP contribution in [0.15, 0.2) is 35.5 Å². The monoisotopic (exact) mass is 388 g/mol. The molecule has 144 valence electrons. The molecule has 1 aromatic carbocycles. The SMILES string of the molecule is CC(c1c(C(=O)c2cnoc2C2CC2)ccc2c1OC(F)(F)O2)n1cncn1. The highest BCUT2D eigenvalue weighted by molar-refractivity contribution is 6.11. The van der Waals surface area contributed by atoms with Crippen LogP contribution >= 0.6 is 0 Å². The van der Waals surface area contributed by atoms with Gasteiger partial charge in [-0.15, -0.1) is 8.78 Å². The zero-order valence-corrected chi connectivity index (χ0v) is 14.6. The first-order valence-electron chi connectivity index (χ1n) is 8.71. The number of benzene rings is 1. The van der Waals surface area contributed by atoms with Gasteiger partial charge in [-0.25, -0.2) is 9.67 Å². The molecule has 1 saturated carbocycles. The first kappa shape index (κ1) is 16.8. The first-order valence-corrected chi connectivity index (χ1v) is 8.71. The summed E-state index contributed by atoms with van der Waals surface area (Å²) in [5.74, 6) is -0.0328. The van der Waals surface area contributed by atoms with Gasteiger partial charge in [-0.3, -0.25) is 4.79 Å². The molecule has 0 radical (unpaired) electrons. The molecule has 8 nitrogen and oxygen atoms in total. The largest absolute Gasteiger partial charge is 0.586 e. The highest BCUT2D eigenvalue weighted by Gasteiger charge is 2.46. The van der Waals surface area contributed by atoms with Crippen molar-refractivity contribution in [3.05, 3.63) is 53.4 Å². The Morgan fingerprint density at radius 2 is 2.11 bits per heavy atom. The standard InChI is InChI=1S/C18H14F2N4O4/c1-9(24-8-21-7-22-24)14-11(4-5-13-17(14)27-18(19,20)26-13)15(25)12-6-23-28-16(12)10-2-3-10/h4-10H,2-3H2,1H3. The number of fused-ring (bicyclic) bond motifs is 1. The van der Waals surface area contributed by atoms with Crippen LogP contribution in [0, 0.1) is 0 Å². The molecule has 0 spiro atoms. The summed E-state index contributed by atoms with van der Waals surface area (Å²) < 4.78 is 43.4. The maximum atomic E-state index is 13.7. The van der Waals surface area contributed by atoms with Crippen LogP contribution in [-0.2, 0) is 0 Å². The first-order chi connectivity index (χ1) is 13.4. The Morgan fingerprint density at radius 1 is 1.29 bits per heavy atom. The summed E-state index contributed by atoms with van der Waals surface area (Å²) in [6, 6.07) is 2.13. The molecule has 0 bridgehead atoms. The molecule has 5 rings (SSSR count). The zero-order chi connectivity index (χ0) is 19.5. The zero-order valence-electron chi connectivity index (χ0n) is 14.6. The van der Waals surface area contributed by atoms with E-state index in [-0.39, 0.29) is 34.3 Å². The van der Waals surface area contributed by atoms with Crippen molar-refractivity contribution in [3.63, 3.8) is 0 Å². The molecule has 2 aromatic heterocycles. The Bertz CT molecular complexity index is 1060. The molecule has 2 aliphatic rings. The van der Waals surface area contributed by atoms with Crippen molar-refractivity contribution >= 4 is 5.78 Å². The van der Waals surface area contributed by atoms with Crippen LogP contribution in [0.2, 0.25) is 0 Å². The fourth-order valence-corrected chi connectivity index (χ4v) is 3.40. The minimum atomic E-state index is -3.81. The van der Waals surface area contributed by atoms with E-state index >= 15 is 0 Å². The van der Waals surface area contributed by atoms with E-state index < -0.39 is 12.3 Å². The fraction of sp³-hybridized carbons (Fsp3) is 0.333. The van der Waals surface area contributed by atoms with Crippen molar-refractivity contribution in [2.45, 2.75) is 38.0 Å². The highest BCUT2D eigenvalue weighted by Crippen LogP contribution is 2.48. The molecule has 3 heterocycles. The van der Waals surface area contributed by atoms with Gasteiger partial charge >= 0.3 is 6.29 Å². The van der Waals surface area contributed by atoms with Gasteiger partial charge in [0.1, 0.15) is 12.7 Å². The van der Waals surface area contributed by atoms with Crippen LogP contribution in [0.4, 0.5) is 8.78 Å². The Kier molecular flexibility index (Phi) is 3.52. The van der Waals surface area contributed by atoms with E-state index in [1.165, 1.54) is 35.7 Å². The number of hydrogen-bond acceptors (Lipinski definition) is 7. The van der Waals surface area contributed by atoms with Gasteiger partial charge < -0.3 is 14.0 Å². The maximum absolute atomic E-state index is 13.7. The number of carbonyl (C=O) groups is 1. The molecule has 10 heteroatoms. The molecular formula is C18H14F2N4O4. The van der Waals surface area contributed by atoms with Crippen LogP contribution in [0.5, 0.6) is 11.5 Å². The average Bonchev–Trinajstić information content (AvgIpc) is 3.09. The molecule has 1 aliphatic carbocycles. The molecule has 0 N–H and O–H groups in total. The molecule has 1 aliphatic heterocycles. The second kappa shape index (κ2) is 5.85. The van der Waals surface area contributed by atoms with Gasteiger partial charge in [0.25, 0.3) is 0 Å². The van der Waals surface area contributed by atoms with E-state index in [9.17, 15) is 13.6 Å². The summed E-state index contributed by atoms with van der Waals surface area (Å²) >= 11 is 0. The number of alkyl halides is 2. The third-order valence-electron chi connectivity index (χ3n) is 4.90. The van der Waals surface area contributed by atoms with Crippen molar-refractivity contribution < 1.29 is 27.6 Å². The van der Waals surface area contributed by atoms with Gasteiger partial charge in [-0.1, -0.05) is 5.16 Å². The lowest BCUT2D eigenvalue weighted by molar-refractivity contribution is -0.287. The Labute approximate surface area is 157 Å². The number of aromatic nitrogens is 4. The van der Waals surface area contributed by atoms with Crippen molar-refractivity contribution in [3.8, 4) is 11.5 Å². The van der Waals surface area contributed by atoms with Gasteiger partial charge in [0.2, 0.25) is 0 Å². The van der Waals surface area contributed by atoms with Gasteiger partial charge in [0, 0.05) is 17.0 Å². The number of hydrogen-bond donors (Lipinski definition) is 0. The lowest BCUT2D eigenvalue weighted by Gasteiger charge is -2.18. The van der Waals surface area contributed by atoms with E-state index in [2.05, 4.69) is 20.0 Å². The van der Waals surface area contributed by atoms with Crippen LogP contribution in [0.3, 0.4) is 0 Å². The topological polar surface area (TPSA) is 92.3 Å². The van der Waals surface area contributed by atoms with E-state index in [4.69, 9.17) is 9.26 Å². The summed E-state index contributed by atoms with van der Waals surface area (Å²) in [5, 5.41) is 7.80. The van der Waals surface area contributed by atoms with Gasteiger partial charge in [-0.05, 0) is 31.9 Å². The van der Waals surface area contributed by atoms with Crippen molar-refractivity contribution in [2.24, 2.45) is 0 Å². The van der Waals surface area contributed by atoms with E-state index in [0.717, 1.165) is 12.8 Å². The molecule has 1 atom stereocenters. The summed E-state index contributed by atoms with van der Waals surface area (Å²) in [7, 11) is 0. The summed E-state index contributed by atoms with van der Waals surface area (Å²) in [6.07, 6.45) is 2.14. The average molecular weight is 388 g/mol. The molecule has 1 unspecified atom stereocenters. The van der Waals surface area contributed by atoms with Gasteiger partial charge in [-0.2, -0.15) is 5.10 Å². The summed E-state index contributed by atoms with van der Waals surface area (Å²) in [5.41, 5.74) is 0.737. The number of ether oxygens (including phenoxy) is 2. The Morgan fingerprint density at radius 3 is 2.82 bits per heavy atom. The maximum Gasteiger partial charge on any atom is 0.586 e.